The number of ketones is 1. The first kappa shape index (κ1) is 16.0. The normalized spacial score (nSPS) is 16.0. The monoisotopic (exact) mass is 291 g/mol. The van der Waals surface area contributed by atoms with Crippen molar-refractivity contribution in [2.24, 2.45) is 0 Å². The molecule has 0 spiro atoms. The fraction of sp³-hybridized carbons (Fsp3) is 0.588. The van der Waals surface area contributed by atoms with Gasteiger partial charge in [-0.15, -0.1) is 0 Å². The van der Waals surface area contributed by atoms with Gasteiger partial charge in [-0.3, -0.25) is 4.79 Å². The smallest absolute Gasteiger partial charge is 0.169 e. The van der Waals surface area contributed by atoms with Gasteiger partial charge in [0.1, 0.15) is 5.75 Å². The summed E-state index contributed by atoms with van der Waals surface area (Å²) >= 11 is 0. The molecule has 0 unspecified atom stereocenters. The van der Waals surface area contributed by atoms with Gasteiger partial charge in [-0.25, -0.2) is 0 Å². The van der Waals surface area contributed by atoms with Crippen LogP contribution >= 0.6 is 0 Å². The van der Waals surface area contributed by atoms with Crippen LogP contribution in [-0.2, 0) is 4.74 Å². The zero-order chi connectivity index (χ0) is 15.2. The zero-order valence-corrected chi connectivity index (χ0v) is 13.2. The van der Waals surface area contributed by atoms with E-state index in [0.29, 0.717) is 30.4 Å². The molecule has 21 heavy (non-hydrogen) atoms. The first-order chi connectivity index (χ1) is 10.1. The van der Waals surface area contributed by atoms with Gasteiger partial charge >= 0.3 is 0 Å². The molecule has 1 aliphatic heterocycles. The summed E-state index contributed by atoms with van der Waals surface area (Å²) in [5.41, 5.74) is 2.77. The Balaban J connectivity index is 1.93. The van der Waals surface area contributed by atoms with Crippen molar-refractivity contribution in [1.29, 1.82) is 0 Å². The lowest BCUT2D eigenvalue weighted by molar-refractivity contribution is 0.0313. The minimum absolute atomic E-state index is 0.0956. The number of nitrogens with one attached hydrogen (secondary N) is 1. The third-order valence-electron chi connectivity index (χ3n) is 3.91. The molecule has 0 aromatic heterocycles. The van der Waals surface area contributed by atoms with Crippen LogP contribution in [-0.4, -0.2) is 38.7 Å². The van der Waals surface area contributed by atoms with Gasteiger partial charge in [0.2, 0.25) is 0 Å². The molecule has 1 aromatic rings. The number of methoxy groups -OCH3 is 1. The van der Waals surface area contributed by atoms with E-state index in [9.17, 15) is 4.79 Å². The summed E-state index contributed by atoms with van der Waals surface area (Å²) in [6, 6.07) is 3.93. The molecule has 0 radical (unpaired) electrons. The summed E-state index contributed by atoms with van der Waals surface area (Å²) in [6.45, 7) is 6.45. The topological polar surface area (TPSA) is 47.6 Å². The molecule has 0 saturated carbocycles. The lowest BCUT2D eigenvalue weighted by atomic mass is 9.99. The number of hydrogen-bond acceptors (Lipinski definition) is 4. The Morgan fingerprint density at radius 1 is 1.29 bits per heavy atom. The second-order valence-corrected chi connectivity index (χ2v) is 5.65. The molecule has 0 bridgehead atoms. The molecule has 1 fully saturated rings. The van der Waals surface area contributed by atoms with E-state index in [-0.39, 0.29) is 5.78 Å². The van der Waals surface area contributed by atoms with Crippen molar-refractivity contribution in [3.05, 3.63) is 28.8 Å². The van der Waals surface area contributed by atoms with E-state index in [2.05, 4.69) is 5.32 Å². The number of rotatable bonds is 6. The van der Waals surface area contributed by atoms with Gasteiger partial charge in [-0.2, -0.15) is 0 Å². The minimum atomic E-state index is 0.0956. The lowest BCUT2D eigenvalue weighted by Crippen LogP contribution is -2.32. The summed E-state index contributed by atoms with van der Waals surface area (Å²) in [7, 11) is 1.61. The second-order valence-electron chi connectivity index (χ2n) is 5.65. The number of piperidine rings is 1. The molecular formula is C17H25NO3. The third-order valence-corrected chi connectivity index (χ3v) is 3.91. The average Bonchev–Trinajstić information content (AvgIpc) is 2.47. The summed E-state index contributed by atoms with van der Waals surface area (Å²) in [5, 5.41) is 3.30. The Kier molecular flexibility index (Phi) is 5.76. The van der Waals surface area contributed by atoms with E-state index in [0.717, 1.165) is 37.1 Å². The average molecular weight is 291 g/mol. The van der Waals surface area contributed by atoms with Crippen LogP contribution < -0.4 is 10.1 Å². The molecule has 1 aromatic carbocycles. The van der Waals surface area contributed by atoms with Crippen LogP contribution in [0.5, 0.6) is 5.75 Å². The Bertz CT molecular complexity index is 493. The standard InChI is InChI=1S/C17H25NO3/c1-12-10-13(2)17(16(11-12)20-3)15(19)6-9-21-14-4-7-18-8-5-14/h10-11,14,18H,4-9H2,1-3H3. The van der Waals surface area contributed by atoms with Gasteiger partial charge in [0, 0.05) is 6.42 Å². The molecule has 4 heteroatoms. The third kappa shape index (κ3) is 4.29. The fourth-order valence-corrected chi connectivity index (χ4v) is 2.85. The highest BCUT2D eigenvalue weighted by Crippen LogP contribution is 2.25. The summed E-state index contributed by atoms with van der Waals surface area (Å²) in [4.78, 5) is 12.4. The van der Waals surface area contributed by atoms with Crippen molar-refractivity contribution >= 4 is 5.78 Å². The highest BCUT2D eigenvalue weighted by molar-refractivity contribution is 6.00. The van der Waals surface area contributed by atoms with Crippen LogP contribution in [0.25, 0.3) is 0 Å². The van der Waals surface area contributed by atoms with Crippen molar-refractivity contribution in [1.82, 2.24) is 5.32 Å². The van der Waals surface area contributed by atoms with Gasteiger partial charge in [0.25, 0.3) is 0 Å². The molecule has 2 rings (SSSR count). The maximum Gasteiger partial charge on any atom is 0.169 e. The van der Waals surface area contributed by atoms with E-state index >= 15 is 0 Å². The molecule has 4 nitrogen and oxygen atoms in total. The first-order valence-electron chi connectivity index (χ1n) is 7.62. The maximum atomic E-state index is 12.4. The minimum Gasteiger partial charge on any atom is -0.496 e. The fourth-order valence-electron chi connectivity index (χ4n) is 2.85. The molecule has 116 valence electrons. The maximum absolute atomic E-state index is 12.4. The van der Waals surface area contributed by atoms with Crippen molar-refractivity contribution in [3.8, 4) is 5.75 Å². The number of carbonyl (C=O) groups excluding carboxylic acids is 1. The molecule has 1 aliphatic rings. The van der Waals surface area contributed by atoms with E-state index in [1.165, 1.54) is 0 Å². The Morgan fingerprint density at radius 2 is 2.00 bits per heavy atom. The van der Waals surface area contributed by atoms with Crippen molar-refractivity contribution in [3.63, 3.8) is 0 Å². The summed E-state index contributed by atoms with van der Waals surface area (Å²) in [6.07, 6.45) is 2.76. The Hall–Kier alpha value is -1.39. The van der Waals surface area contributed by atoms with Crippen molar-refractivity contribution < 1.29 is 14.3 Å². The van der Waals surface area contributed by atoms with Crippen molar-refractivity contribution in [2.75, 3.05) is 26.8 Å². The van der Waals surface area contributed by atoms with E-state index in [1.54, 1.807) is 7.11 Å². The van der Waals surface area contributed by atoms with Crippen LogP contribution in [0.1, 0.15) is 40.7 Å². The Labute approximate surface area is 126 Å². The van der Waals surface area contributed by atoms with Crippen LogP contribution in [0.15, 0.2) is 12.1 Å². The molecule has 1 saturated heterocycles. The molecule has 0 aliphatic carbocycles. The van der Waals surface area contributed by atoms with Crippen molar-refractivity contribution in [2.45, 2.75) is 39.2 Å². The summed E-state index contributed by atoms with van der Waals surface area (Å²) in [5.74, 6) is 0.762. The van der Waals surface area contributed by atoms with Gasteiger partial charge in [0.15, 0.2) is 5.78 Å². The highest BCUT2D eigenvalue weighted by atomic mass is 16.5. The van der Waals surface area contributed by atoms with Crippen LogP contribution in [0.3, 0.4) is 0 Å². The van der Waals surface area contributed by atoms with Gasteiger partial charge in [-0.05, 0) is 57.0 Å². The highest BCUT2D eigenvalue weighted by Gasteiger charge is 2.18. The number of ether oxygens (including phenoxy) is 2. The van der Waals surface area contributed by atoms with E-state index in [1.807, 2.05) is 26.0 Å². The van der Waals surface area contributed by atoms with Crippen LogP contribution in [0.2, 0.25) is 0 Å². The predicted molar refractivity (Wildman–Crippen MR) is 83.3 cm³/mol. The molecule has 1 N–H and O–H groups in total. The largest absolute Gasteiger partial charge is 0.496 e. The first-order valence-corrected chi connectivity index (χ1v) is 7.62. The molecule has 0 atom stereocenters. The molecule has 0 amide bonds. The number of hydrogen-bond donors (Lipinski definition) is 1. The predicted octanol–water partition coefficient (Wildman–Crippen LogP) is 2.65. The quantitative estimate of drug-likeness (QED) is 0.819. The summed E-state index contributed by atoms with van der Waals surface area (Å²) < 4.78 is 11.2. The van der Waals surface area contributed by atoms with E-state index < -0.39 is 0 Å². The lowest BCUT2D eigenvalue weighted by Gasteiger charge is -2.22. The second kappa shape index (κ2) is 7.57. The molecular weight excluding hydrogens is 266 g/mol. The number of carbonyl (C=O) groups is 1. The number of benzene rings is 1. The van der Waals surface area contributed by atoms with Gasteiger partial charge in [0.05, 0.1) is 25.4 Å². The SMILES string of the molecule is COc1cc(C)cc(C)c1C(=O)CCOC1CCNCC1. The molecule has 1 heterocycles. The number of aryl methyl sites for hydroxylation is 2. The van der Waals surface area contributed by atoms with Crippen LogP contribution in [0, 0.1) is 13.8 Å². The number of Topliss-reactive ketones (excluding diaryl/α,β-unsaturated/α-hetero) is 1. The van der Waals surface area contributed by atoms with Gasteiger partial charge < -0.3 is 14.8 Å². The van der Waals surface area contributed by atoms with Gasteiger partial charge in [-0.1, -0.05) is 6.07 Å². The Morgan fingerprint density at radius 3 is 2.67 bits per heavy atom. The van der Waals surface area contributed by atoms with Crippen LogP contribution in [0.4, 0.5) is 0 Å². The zero-order valence-electron chi connectivity index (χ0n) is 13.2. The van der Waals surface area contributed by atoms with E-state index in [4.69, 9.17) is 9.47 Å².